The van der Waals surface area contributed by atoms with Gasteiger partial charge in [-0.2, -0.15) is 0 Å². The molecule has 1 unspecified atom stereocenters. The molecular formula is C25H29N3O5. The van der Waals surface area contributed by atoms with Crippen LogP contribution in [0.25, 0.3) is 5.76 Å². The molecule has 0 spiro atoms. The molecule has 3 heterocycles. The second-order valence-electron chi connectivity index (χ2n) is 8.01. The molecule has 1 atom stereocenters. The maximum Gasteiger partial charge on any atom is 0.295 e. The lowest BCUT2D eigenvalue weighted by atomic mass is 9.98. The molecule has 2 aliphatic heterocycles. The van der Waals surface area contributed by atoms with Crippen molar-refractivity contribution in [3.05, 3.63) is 65.5 Å². The number of aliphatic hydroxyl groups is 1. The number of aromatic nitrogens is 1. The van der Waals surface area contributed by atoms with E-state index >= 15 is 0 Å². The smallest absolute Gasteiger partial charge is 0.295 e. The number of ether oxygens (including phenoxy) is 2. The Kier molecular flexibility index (Phi) is 7.36. The van der Waals surface area contributed by atoms with Crippen LogP contribution >= 0.6 is 0 Å². The van der Waals surface area contributed by atoms with Gasteiger partial charge in [-0.05, 0) is 49.7 Å². The van der Waals surface area contributed by atoms with Crippen LogP contribution in [0, 0.1) is 0 Å². The highest BCUT2D eigenvalue weighted by molar-refractivity contribution is 6.46. The number of Topliss-reactive ketones (excluding diaryl/α,β-unsaturated/α-hetero) is 1. The minimum Gasteiger partial charge on any atom is -0.507 e. The Balaban J connectivity index is 1.62. The van der Waals surface area contributed by atoms with E-state index in [4.69, 9.17) is 9.47 Å². The van der Waals surface area contributed by atoms with Crippen LogP contribution in [0.1, 0.15) is 30.6 Å². The average Bonchev–Trinajstić information content (AvgIpc) is 3.10. The number of aliphatic hydroxyl groups excluding tert-OH is 1. The second-order valence-corrected chi connectivity index (χ2v) is 8.01. The van der Waals surface area contributed by atoms with Crippen LogP contribution in [0.4, 0.5) is 0 Å². The molecule has 8 nitrogen and oxygen atoms in total. The summed E-state index contributed by atoms with van der Waals surface area (Å²) in [6.07, 6.45) is 2.33. The number of amides is 1. The van der Waals surface area contributed by atoms with Gasteiger partial charge in [0.25, 0.3) is 11.7 Å². The zero-order valence-electron chi connectivity index (χ0n) is 18.8. The maximum atomic E-state index is 13.1. The third kappa shape index (κ3) is 5.07. The van der Waals surface area contributed by atoms with Gasteiger partial charge in [-0.3, -0.25) is 19.5 Å². The second kappa shape index (κ2) is 10.6. The summed E-state index contributed by atoms with van der Waals surface area (Å²) in [6.45, 7) is 6.76. The third-order valence-electron chi connectivity index (χ3n) is 5.92. The SMILES string of the molecule is CCOc1ccc(/C(O)=C2/C(=O)C(=O)N(CCCN3CCOCC3)C2c2ccccn2)cc1. The first-order chi connectivity index (χ1) is 16.1. The van der Waals surface area contributed by atoms with E-state index in [1.807, 2.05) is 13.0 Å². The molecule has 0 bridgehead atoms. The number of morpholine rings is 1. The average molecular weight is 452 g/mol. The van der Waals surface area contributed by atoms with Gasteiger partial charge in [0.15, 0.2) is 0 Å². The van der Waals surface area contributed by atoms with Crippen molar-refractivity contribution in [1.29, 1.82) is 0 Å². The van der Waals surface area contributed by atoms with E-state index in [0.717, 1.165) is 19.6 Å². The van der Waals surface area contributed by atoms with Crippen LogP contribution in [0.3, 0.4) is 0 Å². The number of rotatable bonds is 8. The van der Waals surface area contributed by atoms with Gasteiger partial charge in [-0.1, -0.05) is 6.07 Å². The van der Waals surface area contributed by atoms with Crippen LogP contribution in [-0.4, -0.2) is 77.6 Å². The van der Waals surface area contributed by atoms with Crippen LogP contribution in [0.5, 0.6) is 5.75 Å². The van der Waals surface area contributed by atoms with Crippen molar-refractivity contribution in [2.24, 2.45) is 0 Å². The first-order valence-corrected chi connectivity index (χ1v) is 11.3. The molecule has 2 aliphatic rings. The number of nitrogens with zero attached hydrogens (tertiary/aromatic N) is 3. The number of hydrogen-bond acceptors (Lipinski definition) is 7. The normalized spacial score (nSPS) is 20.9. The quantitative estimate of drug-likeness (QED) is 0.375. The van der Waals surface area contributed by atoms with Crippen LogP contribution in [0.2, 0.25) is 0 Å². The molecule has 8 heteroatoms. The molecule has 174 valence electrons. The summed E-state index contributed by atoms with van der Waals surface area (Å²) in [5, 5.41) is 11.1. The van der Waals surface area contributed by atoms with Gasteiger partial charge in [0.2, 0.25) is 0 Å². The number of carbonyl (C=O) groups is 2. The Morgan fingerprint density at radius 2 is 1.88 bits per heavy atom. The van der Waals surface area contributed by atoms with Crippen molar-refractivity contribution in [2.75, 3.05) is 46.0 Å². The molecule has 1 aromatic heterocycles. The molecule has 0 aliphatic carbocycles. The zero-order chi connectivity index (χ0) is 23.2. The molecule has 1 N–H and O–H groups in total. The minimum absolute atomic E-state index is 0.0641. The van der Waals surface area contributed by atoms with Crippen LogP contribution < -0.4 is 4.74 Å². The van der Waals surface area contributed by atoms with Gasteiger partial charge >= 0.3 is 0 Å². The van der Waals surface area contributed by atoms with Crippen molar-refractivity contribution < 1.29 is 24.2 Å². The number of benzene rings is 1. The number of ketones is 1. The Hall–Kier alpha value is -3.23. The summed E-state index contributed by atoms with van der Waals surface area (Å²) < 4.78 is 10.8. The van der Waals surface area contributed by atoms with Crippen LogP contribution in [-0.2, 0) is 14.3 Å². The summed E-state index contributed by atoms with van der Waals surface area (Å²) in [5.41, 5.74) is 1.07. The molecule has 1 amide bonds. The summed E-state index contributed by atoms with van der Waals surface area (Å²) in [4.78, 5) is 34.3. The topological polar surface area (TPSA) is 92.2 Å². The van der Waals surface area contributed by atoms with Gasteiger partial charge in [-0.15, -0.1) is 0 Å². The summed E-state index contributed by atoms with van der Waals surface area (Å²) in [6, 6.07) is 11.5. The minimum atomic E-state index is -0.734. The predicted octanol–water partition coefficient (Wildman–Crippen LogP) is 2.62. The van der Waals surface area contributed by atoms with Crippen molar-refractivity contribution in [2.45, 2.75) is 19.4 Å². The highest BCUT2D eigenvalue weighted by Gasteiger charge is 2.46. The molecule has 33 heavy (non-hydrogen) atoms. The van der Waals surface area contributed by atoms with Crippen LogP contribution in [0.15, 0.2) is 54.2 Å². The standard InChI is InChI=1S/C25H29N3O5/c1-2-33-19-9-7-18(8-10-19)23(29)21-22(20-6-3-4-11-26-20)28(25(31)24(21)30)13-5-12-27-14-16-32-17-15-27/h3-4,6-11,22,29H,2,5,12-17H2,1H3/b23-21-. The predicted molar refractivity (Wildman–Crippen MR) is 123 cm³/mol. The number of pyridine rings is 1. The molecule has 0 radical (unpaired) electrons. The Morgan fingerprint density at radius 1 is 1.12 bits per heavy atom. The number of hydrogen-bond donors (Lipinski definition) is 1. The number of likely N-dealkylation sites (tertiary alicyclic amines) is 1. The van der Waals surface area contributed by atoms with E-state index in [0.29, 0.717) is 49.8 Å². The van der Waals surface area contributed by atoms with Crippen molar-refractivity contribution in [3.63, 3.8) is 0 Å². The van der Waals surface area contributed by atoms with Crippen molar-refractivity contribution in [3.8, 4) is 5.75 Å². The van der Waals surface area contributed by atoms with Gasteiger partial charge in [0.1, 0.15) is 17.6 Å². The lowest BCUT2D eigenvalue weighted by Gasteiger charge is -2.28. The lowest BCUT2D eigenvalue weighted by Crippen LogP contribution is -2.39. The van der Waals surface area contributed by atoms with Gasteiger partial charge in [-0.25, -0.2) is 0 Å². The molecule has 2 fully saturated rings. The van der Waals surface area contributed by atoms with Crippen molar-refractivity contribution >= 4 is 17.4 Å². The van der Waals surface area contributed by atoms with E-state index in [-0.39, 0.29) is 11.3 Å². The fraction of sp³-hybridized carbons (Fsp3) is 0.400. The molecule has 0 saturated carbocycles. The molecule has 2 saturated heterocycles. The van der Waals surface area contributed by atoms with Gasteiger partial charge < -0.3 is 19.5 Å². The highest BCUT2D eigenvalue weighted by atomic mass is 16.5. The van der Waals surface area contributed by atoms with E-state index < -0.39 is 17.7 Å². The van der Waals surface area contributed by atoms with E-state index in [1.165, 1.54) is 4.90 Å². The monoisotopic (exact) mass is 451 g/mol. The highest BCUT2D eigenvalue weighted by Crippen LogP contribution is 2.38. The summed E-state index contributed by atoms with van der Waals surface area (Å²) in [5.74, 6) is -0.842. The molecular weight excluding hydrogens is 422 g/mol. The fourth-order valence-corrected chi connectivity index (χ4v) is 4.28. The van der Waals surface area contributed by atoms with E-state index in [1.54, 1.807) is 42.6 Å². The number of carbonyl (C=O) groups excluding carboxylic acids is 2. The summed E-state index contributed by atoms with van der Waals surface area (Å²) in [7, 11) is 0. The first-order valence-electron chi connectivity index (χ1n) is 11.3. The molecule has 2 aromatic rings. The largest absolute Gasteiger partial charge is 0.507 e. The maximum absolute atomic E-state index is 13.1. The van der Waals surface area contributed by atoms with E-state index in [2.05, 4.69) is 9.88 Å². The molecule has 1 aromatic carbocycles. The Bertz CT molecular complexity index is 1000. The summed E-state index contributed by atoms with van der Waals surface area (Å²) >= 11 is 0. The molecule has 4 rings (SSSR count). The van der Waals surface area contributed by atoms with Gasteiger partial charge in [0.05, 0.1) is 31.1 Å². The first kappa shape index (κ1) is 22.9. The lowest BCUT2D eigenvalue weighted by molar-refractivity contribution is -0.140. The Labute approximate surface area is 193 Å². The zero-order valence-corrected chi connectivity index (χ0v) is 18.8. The Morgan fingerprint density at radius 3 is 2.55 bits per heavy atom. The van der Waals surface area contributed by atoms with Gasteiger partial charge in [0, 0.05) is 37.9 Å². The fourth-order valence-electron chi connectivity index (χ4n) is 4.28. The van der Waals surface area contributed by atoms with Crippen molar-refractivity contribution in [1.82, 2.24) is 14.8 Å². The van der Waals surface area contributed by atoms with E-state index in [9.17, 15) is 14.7 Å². The third-order valence-corrected chi connectivity index (χ3v) is 5.92.